The molecule has 3 aliphatic carbocycles. The minimum absolute atomic E-state index is 0.141. The molecule has 0 saturated carbocycles. The van der Waals surface area contributed by atoms with Gasteiger partial charge in [-0.25, -0.2) is 0 Å². The quantitative estimate of drug-likeness (QED) is 0.425. The highest BCUT2D eigenvalue weighted by atomic mass is 14.8. The van der Waals surface area contributed by atoms with E-state index in [2.05, 4.69) is 52.4 Å². The van der Waals surface area contributed by atoms with Crippen molar-refractivity contribution in [2.24, 2.45) is 0 Å². The van der Waals surface area contributed by atoms with Crippen LogP contribution in [0.25, 0.3) is 10.8 Å². The van der Waals surface area contributed by atoms with Gasteiger partial charge >= 0.3 is 0 Å². The van der Waals surface area contributed by atoms with Crippen molar-refractivity contribution in [3.8, 4) is 0 Å². The second-order valence-electron chi connectivity index (χ2n) is 6.53. The molecule has 2 atom stereocenters. The predicted octanol–water partition coefficient (Wildman–Crippen LogP) is 4.01. The van der Waals surface area contributed by atoms with Crippen molar-refractivity contribution in [3.05, 3.63) is 101 Å². The summed E-state index contributed by atoms with van der Waals surface area (Å²) in [5, 5.41) is 2.56. The molecule has 2 heterocycles. The van der Waals surface area contributed by atoms with E-state index < -0.39 is 0 Å². The molecule has 3 nitrogen and oxygen atoms in total. The zero-order valence-electron chi connectivity index (χ0n) is 12.8. The lowest BCUT2D eigenvalue weighted by molar-refractivity contribution is 0.697. The third kappa shape index (κ3) is 1.40. The van der Waals surface area contributed by atoms with Crippen LogP contribution in [0.5, 0.6) is 0 Å². The van der Waals surface area contributed by atoms with Crippen LogP contribution in [0.3, 0.4) is 0 Å². The molecular weight excluding hydrogens is 294 g/mol. The molecule has 24 heavy (non-hydrogen) atoms. The maximum absolute atomic E-state index is 4.70. The van der Waals surface area contributed by atoms with Crippen LogP contribution in [0.2, 0.25) is 0 Å². The summed E-state index contributed by atoms with van der Waals surface area (Å²) in [5.74, 6) is 0.304. The lowest BCUT2D eigenvalue weighted by Crippen LogP contribution is -2.29. The van der Waals surface area contributed by atoms with Crippen molar-refractivity contribution in [1.29, 1.82) is 0 Å². The zero-order chi connectivity index (χ0) is 15.7. The molecule has 3 heteroatoms. The number of hydrogen-bond donors (Lipinski definition) is 0. The molecule has 0 amide bonds. The average molecular weight is 307 g/mol. The lowest BCUT2D eigenvalue weighted by atomic mass is 9.64. The minimum atomic E-state index is 0.141. The van der Waals surface area contributed by atoms with Crippen molar-refractivity contribution in [2.45, 2.75) is 11.8 Å². The predicted molar refractivity (Wildman–Crippen MR) is 92.1 cm³/mol. The highest BCUT2D eigenvalue weighted by molar-refractivity contribution is 5.86. The third-order valence-electron chi connectivity index (χ3n) is 5.39. The van der Waals surface area contributed by atoms with Gasteiger partial charge in [-0.1, -0.05) is 24.3 Å². The molecule has 0 saturated heterocycles. The van der Waals surface area contributed by atoms with E-state index in [4.69, 9.17) is 4.98 Å². The van der Waals surface area contributed by atoms with E-state index in [1.54, 1.807) is 12.4 Å². The van der Waals surface area contributed by atoms with E-state index in [1.807, 2.05) is 12.4 Å². The molecule has 0 radical (unpaired) electrons. The van der Waals surface area contributed by atoms with Crippen LogP contribution in [0.1, 0.15) is 45.5 Å². The van der Waals surface area contributed by atoms with Gasteiger partial charge in [0, 0.05) is 24.8 Å². The standard InChI is InChI=1S/C21H13N3/c1-2-4-13-10-16-15(9-12(13)3-1)18-14-5-6-22-11-17(14)19(16)21-20(18)23-7-8-24-21/h1-11,18-19H. The molecule has 2 aromatic carbocycles. The Morgan fingerprint density at radius 2 is 1.25 bits per heavy atom. The number of benzene rings is 2. The summed E-state index contributed by atoms with van der Waals surface area (Å²) in [4.78, 5) is 13.8. The van der Waals surface area contributed by atoms with Crippen LogP contribution in [0.4, 0.5) is 0 Å². The second-order valence-corrected chi connectivity index (χ2v) is 6.53. The summed E-state index contributed by atoms with van der Waals surface area (Å²) < 4.78 is 0. The Balaban J connectivity index is 1.76. The Labute approximate surface area is 139 Å². The first-order valence-corrected chi connectivity index (χ1v) is 8.19. The molecule has 0 spiro atoms. The van der Waals surface area contributed by atoms with Crippen molar-refractivity contribution in [3.63, 3.8) is 0 Å². The van der Waals surface area contributed by atoms with Crippen LogP contribution < -0.4 is 0 Å². The molecule has 112 valence electrons. The van der Waals surface area contributed by atoms with Crippen LogP contribution in [0.15, 0.2) is 67.3 Å². The molecule has 0 fully saturated rings. The maximum Gasteiger partial charge on any atom is 0.0748 e. The van der Waals surface area contributed by atoms with Crippen molar-refractivity contribution in [2.75, 3.05) is 0 Å². The Kier molecular flexibility index (Phi) is 2.20. The van der Waals surface area contributed by atoms with Gasteiger partial charge in [0.05, 0.1) is 23.2 Å². The first-order chi connectivity index (χ1) is 11.9. The fourth-order valence-corrected chi connectivity index (χ4v) is 4.43. The molecule has 2 aromatic heterocycles. The maximum atomic E-state index is 4.70. The number of aromatic nitrogens is 3. The van der Waals surface area contributed by atoms with Gasteiger partial charge in [0.1, 0.15) is 0 Å². The highest BCUT2D eigenvalue weighted by Gasteiger charge is 2.43. The Morgan fingerprint density at radius 3 is 1.92 bits per heavy atom. The molecule has 2 bridgehead atoms. The van der Waals surface area contributed by atoms with Gasteiger partial charge in [-0.2, -0.15) is 0 Å². The summed E-state index contributed by atoms with van der Waals surface area (Å²) in [6.45, 7) is 0. The SMILES string of the molecule is c1ccc2cc3c(cc2c1)C1c2ccncc2C3c2nccnc21. The summed E-state index contributed by atoms with van der Waals surface area (Å²) >= 11 is 0. The largest absolute Gasteiger partial charge is 0.264 e. The highest BCUT2D eigenvalue weighted by Crippen LogP contribution is 2.54. The fraction of sp³-hybridized carbons (Fsp3) is 0.0952. The Hall–Kier alpha value is -3.07. The number of pyridine rings is 1. The fourth-order valence-electron chi connectivity index (χ4n) is 4.43. The minimum Gasteiger partial charge on any atom is -0.264 e. The first kappa shape index (κ1) is 12.4. The van der Waals surface area contributed by atoms with Gasteiger partial charge in [-0.15, -0.1) is 0 Å². The van der Waals surface area contributed by atoms with E-state index >= 15 is 0 Å². The van der Waals surface area contributed by atoms with Crippen molar-refractivity contribution < 1.29 is 0 Å². The topological polar surface area (TPSA) is 38.7 Å². The van der Waals surface area contributed by atoms with Gasteiger partial charge in [0.2, 0.25) is 0 Å². The van der Waals surface area contributed by atoms with Crippen LogP contribution in [-0.2, 0) is 0 Å². The van der Waals surface area contributed by atoms with E-state index in [0.29, 0.717) is 0 Å². The van der Waals surface area contributed by atoms with E-state index in [-0.39, 0.29) is 11.8 Å². The molecule has 4 aromatic rings. The van der Waals surface area contributed by atoms with Crippen LogP contribution >= 0.6 is 0 Å². The molecular formula is C21H13N3. The van der Waals surface area contributed by atoms with Gasteiger partial charge in [-0.05, 0) is 51.2 Å². The van der Waals surface area contributed by atoms with Crippen molar-refractivity contribution in [1.82, 2.24) is 15.0 Å². The second kappa shape index (κ2) is 4.26. The molecule has 7 rings (SSSR count). The molecule has 0 aliphatic heterocycles. The summed E-state index contributed by atoms with van der Waals surface area (Å²) in [6, 6.07) is 15.4. The number of fused-ring (bicyclic) bond motifs is 1. The average Bonchev–Trinajstić information content (AvgIpc) is 2.66. The van der Waals surface area contributed by atoms with Gasteiger partial charge in [0.25, 0.3) is 0 Å². The molecule has 3 aliphatic rings. The van der Waals surface area contributed by atoms with Crippen molar-refractivity contribution >= 4 is 10.8 Å². The van der Waals surface area contributed by atoms with E-state index in [9.17, 15) is 0 Å². The Bertz CT molecular complexity index is 997. The number of rotatable bonds is 0. The molecule has 2 unspecified atom stereocenters. The van der Waals surface area contributed by atoms with Crippen LogP contribution in [0, 0.1) is 0 Å². The monoisotopic (exact) mass is 307 g/mol. The molecule has 0 N–H and O–H groups in total. The lowest BCUT2D eigenvalue weighted by Gasteiger charge is -2.40. The summed E-state index contributed by atoms with van der Waals surface area (Å²) in [7, 11) is 0. The summed E-state index contributed by atoms with van der Waals surface area (Å²) in [6.07, 6.45) is 7.50. The number of hydrogen-bond acceptors (Lipinski definition) is 3. The van der Waals surface area contributed by atoms with Crippen LogP contribution in [-0.4, -0.2) is 15.0 Å². The zero-order valence-corrected chi connectivity index (χ0v) is 12.8. The van der Waals surface area contributed by atoms with E-state index in [0.717, 1.165) is 11.4 Å². The smallest absolute Gasteiger partial charge is 0.0748 e. The third-order valence-corrected chi connectivity index (χ3v) is 5.39. The van der Waals surface area contributed by atoms with Gasteiger partial charge < -0.3 is 0 Å². The number of nitrogens with zero attached hydrogens (tertiary/aromatic N) is 3. The van der Waals surface area contributed by atoms with E-state index in [1.165, 1.54) is 33.0 Å². The van der Waals surface area contributed by atoms with Gasteiger partial charge in [0.15, 0.2) is 0 Å². The van der Waals surface area contributed by atoms with Gasteiger partial charge in [-0.3, -0.25) is 15.0 Å². The summed E-state index contributed by atoms with van der Waals surface area (Å²) in [5.41, 5.74) is 7.51. The first-order valence-electron chi connectivity index (χ1n) is 8.19. The normalized spacial score (nSPS) is 19.7. The Morgan fingerprint density at radius 1 is 0.625 bits per heavy atom.